The van der Waals surface area contributed by atoms with Crippen molar-refractivity contribution in [1.29, 1.82) is 5.26 Å². The van der Waals surface area contributed by atoms with E-state index in [1.165, 1.54) is 19.4 Å². The summed E-state index contributed by atoms with van der Waals surface area (Å²) in [5.41, 5.74) is 2.49. The molecule has 1 aromatic rings. The predicted molar refractivity (Wildman–Crippen MR) is 85.3 cm³/mol. The maximum absolute atomic E-state index is 9.96. The minimum atomic E-state index is -0.527. The third kappa shape index (κ3) is 3.55. The number of hydrogen-bond acceptors (Lipinski definition) is 4. The van der Waals surface area contributed by atoms with Crippen LogP contribution in [0, 0.1) is 11.3 Å². The van der Waals surface area contributed by atoms with Gasteiger partial charge in [0, 0.05) is 30.9 Å². The van der Waals surface area contributed by atoms with Gasteiger partial charge in [0.1, 0.15) is 0 Å². The lowest BCUT2D eigenvalue weighted by Gasteiger charge is -2.30. The van der Waals surface area contributed by atoms with E-state index in [1.807, 2.05) is 12.1 Å². The highest BCUT2D eigenvalue weighted by molar-refractivity contribution is 5.58. The smallest absolute Gasteiger partial charge is 0.0992 e. The fraction of sp³-hybridized carbons (Fsp3) is 0.588. The summed E-state index contributed by atoms with van der Waals surface area (Å²) in [7, 11) is 2.05. The van der Waals surface area contributed by atoms with Crippen LogP contribution in [-0.2, 0) is 0 Å². The van der Waals surface area contributed by atoms with E-state index in [2.05, 4.69) is 29.8 Å². The third-order valence-corrected chi connectivity index (χ3v) is 4.41. The monoisotopic (exact) mass is 287 g/mol. The molecule has 1 aromatic carbocycles. The first-order valence-electron chi connectivity index (χ1n) is 7.74. The largest absolute Gasteiger partial charge is 0.389 e. The molecule has 1 N–H and O–H groups in total. The van der Waals surface area contributed by atoms with Crippen LogP contribution in [0.1, 0.15) is 43.9 Å². The Morgan fingerprint density at radius 1 is 1.52 bits per heavy atom. The number of likely N-dealkylation sites (N-methyl/N-ethyl adjacent to an activating group) is 2. The summed E-state index contributed by atoms with van der Waals surface area (Å²) >= 11 is 0. The summed E-state index contributed by atoms with van der Waals surface area (Å²) in [6.45, 7) is 7.17. The van der Waals surface area contributed by atoms with E-state index in [4.69, 9.17) is 5.26 Å². The molecule has 4 nitrogen and oxygen atoms in total. The first kappa shape index (κ1) is 15.8. The fourth-order valence-corrected chi connectivity index (χ4v) is 3.23. The van der Waals surface area contributed by atoms with Crippen LogP contribution in [0.25, 0.3) is 0 Å². The van der Waals surface area contributed by atoms with E-state index in [-0.39, 0.29) is 0 Å². The third-order valence-electron chi connectivity index (χ3n) is 4.41. The molecule has 1 fully saturated rings. The lowest BCUT2D eigenvalue weighted by atomic mass is 10.0. The van der Waals surface area contributed by atoms with Crippen LogP contribution in [0.15, 0.2) is 18.2 Å². The zero-order valence-electron chi connectivity index (χ0n) is 13.2. The molecule has 0 aliphatic carbocycles. The van der Waals surface area contributed by atoms with Gasteiger partial charge in [0.05, 0.1) is 17.7 Å². The van der Waals surface area contributed by atoms with Gasteiger partial charge >= 0.3 is 0 Å². The van der Waals surface area contributed by atoms with Gasteiger partial charge in [-0.3, -0.25) is 4.90 Å². The zero-order chi connectivity index (χ0) is 15.4. The molecular weight excluding hydrogens is 262 g/mol. The van der Waals surface area contributed by atoms with Crippen molar-refractivity contribution in [2.24, 2.45) is 0 Å². The number of nitrogens with zero attached hydrogens (tertiary/aromatic N) is 3. The van der Waals surface area contributed by atoms with Gasteiger partial charge in [-0.05, 0) is 45.0 Å². The molecule has 0 saturated carbocycles. The minimum absolute atomic E-state index is 0.527. The second-order valence-electron chi connectivity index (χ2n) is 5.87. The molecule has 2 atom stereocenters. The van der Waals surface area contributed by atoms with Crippen molar-refractivity contribution in [3.8, 4) is 6.07 Å². The number of likely N-dealkylation sites (tertiary alicyclic amines) is 1. The highest BCUT2D eigenvalue weighted by Crippen LogP contribution is 2.28. The Morgan fingerprint density at radius 3 is 2.90 bits per heavy atom. The summed E-state index contributed by atoms with van der Waals surface area (Å²) in [6.07, 6.45) is 1.95. The molecule has 1 saturated heterocycles. The molecule has 1 heterocycles. The Labute approximate surface area is 127 Å². The van der Waals surface area contributed by atoms with Gasteiger partial charge in [0.25, 0.3) is 0 Å². The predicted octanol–water partition coefficient (Wildman–Crippen LogP) is 2.53. The highest BCUT2D eigenvalue weighted by atomic mass is 16.3. The number of benzene rings is 1. The highest BCUT2D eigenvalue weighted by Gasteiger charge is 2.25. The Balaban J connectivity index is 2.21. The maximum atomic E-state index is 9.96. The number of rotatable bonds is 5. The van der Waals surface area contributed by atoms with E-state index in [1.54, 1.807) is 13.0 Å². The summed E-state index contributed by atoms with van der Waals surface area (Å²) in [5.74, 6) is 0. The molecule has 0 spiro atoms. The number of anilines is 1. The molecule has 0 bridgehead atoms. The number of hydrogen-bond donors (Lipinski definition) is 1. The van der Waals surface area contributed by atoms with Crippen molar-refractivity contribution in [2.45, 2.75) is 38.8 Å². The number of aliphatic hydroxyl groups is 1. The standard InChI is InChI=1S/C17H25N3O/c1-4-20-9-5-6-15(20)12-19(3)17-10-14(11-18)7-8-16(17)13(2)21/h7-8,10,13,15,21H,4-6,9,12H2,1-3H3. The average Bonchev–Trinajstić information content (AvgIpc) is 2.93. The lowest BCUT2D eigenvalue weighted by molar-refractivity contribution is 0.199. The van der Waals surface area contributed by atoms with Gasteiger partial charge in [-0.25, -0.2) is 0 Å². The molecule has 2 rings (SSSR count). The summed E-state index contributed by atoms with van der Waals surface area (Å²) in [5, 5.41) is 19.1. The van der Waals surface area contributed by atoms with Crippen LogP contribution < -0.4 is 4.90 Å². The van der Waals surface area contributed by atoms with Crippen molar-refractivity contribution in [3.63, 3.8) is 0 Å². The molecule has 1 aliphatic rings. The van der Waals surface area contributed by atoms with E-state index >= 15 is 0 Å². The van der Waals surface area contributed by atoms with E-state index in [9.17, 15) is 5.11 Å². The van der Waals surface area contributed by atoms with Crippen molar-refractivity contribution < 1.29 is 5.11 Å². The average molecular weight is 287 g/mol. The van der Waals surface area contributed by atoms with Crippen LogP contribution in [-0.4, -0.2) is 42.7 Å². The molecule has 1 aliphatic heterocycles. The van der Waals surface area contributed by atoms with Crippen molar-refractivity contribution >= 4 is 5.69 Å². The van der Waals surface area contributed by atoms with Crippen molar-refractivity contribution in [1.82, 2.24) is 4.90 Å². The van der Waals surface area contributed by atoms with Crippen molar-refractivity contribution in [3.05, 3.63) is 29.3 Å². The summed E-state index contributed by atoms with van der Waals surface area (Å²) < 4.78 is 0. The van der Waals surface area contributed by atoms with Crippen LogP contribution in [0.4, 0.5) is 5.69 Å². The lowest BCUT2D eigenvalue weighted by Crippen LogP contribution is -2.39. The topological polar surface area (TPSA) is 50.5 Å². The fourth-order valence-electron chi connectivity index (χ4n) is 3.23. The van der Waals surface area contributed by atoms with Crippen LogP contribution >= 0.6 is 0 Å². The molecule has 0 radical (unpaired) electrons. The number of nitriles is 1. The SMILES string of the molecule is CCN1CCCC1CN(C)c1cc(C#N)ccc1C(C)O. The molecule has 4 heteroatoms. The van der Waals surface area contributed by atoms with Crippen molar-refractivity contribution in [2.75, 3.05) is 31.6 Å². The van der Waals surface area contributed by atoms with E-state index < -0.39 is 6.10 Å². The van der Waals surface area contributed by atoms with Crippen LogP contribution in [0.2, 0.25) is 0 Å². The van der Waals surface area contributed by atoms with Gasteiger partial charge in [0.15, 0.2) is 0 Å². The van der Waals surface area contributed by atoms with Gasteiger partial charge in [-0.2, -0.15) is 5.26 Å². The second kappa shape index (κ2) is 6.93. The normalized spacial score (nSPS) is 20.2. The van der Waals surface area contributed by atoms with E-state index in [0.29, 0.717) is 11.6 Å². The quantitative estimate of drug-likeness (QED) is 0.904. The maximum Gasteiger partial charge on any atom is 0.0992 e. The molecule has 114 valence electrons. The van der Waals surface area contributed by atoms with Gasteiger partial charge in [-0.15, -0.1) is 0 Å². The number of aliphatic hydroxyl groups excluding tert-OH is 1. The van der Waals surface area contributed by atoms with Gasteiger partial charge in [-0.1, -0.05) is 13.0 Å². The summed E-state index contributed by atoms with van der Waals surface area (Å²) in [4.78, 5) is 4.69. The van der Waals surface area contributed by atoms with Gasteiger partial charge < -0.3 is 10.0 Å². The van der Waals surface area contributed by atoms with Gasteiger partial charge in [0.2, 0.25) is 0 Å². The van der Waals surface area contributed by atoms with E-state index in [0.717, 1.165) is 24.3 Å². The Hall–Kier alpha value is -1.57. The summed E-state index contributed by atoms with van der Waals surface area (Å²) in [6, 6.07) is 8.26. The minimum Gasteiger partial charge on any atom is -0.389 e. The zero-order valence-corrected chi connectivity index (χ0v) is 13.2. The Bertz CT molecular complexity index is 521. The molecule has 2 unspecified atom stereocenters. The first-order valence-corrected chi connectivity index (χ1v) is 7.74. The van der Waals surface area contributed by atoms with Crippen LogP contribution in [0.5, 0.6) is 0 Å². The molecular formula is C17H25N3O. The Kier molecular flexibility index (Phi) is 5.22. The molecule has 0 amide bonds. The first-order chi connectivity index (χ1) is 10.1. The second-order valence-corrected chi connectivity index (χ2v) is 5.87. The Morgan fingerprint density at radius 2 is 2.29 bits per heavy atom. The molecule has 21 heavy (non-hydrogen) atoms. The van der Waals surface area contributed by atoms with Crippen LogP contribution in [0.3, 0.4) is 0 Å². The molecule has 0 aromatic heterocycles.